The Morgan fingerprint density at radius 3 is 2.31 bits per heavy atom. The minimum atomic E-state index is -1.60. The molecule has 0 aliphatic carbocycles. The number of terminal acetylenes is 1. The van der Waals surface area contributed by atoms with E-state index in [-0.39, 0.29) is 5.46 Å². The van der Waals surface area contributed by atoms with Crippen LogP contribution < -0.4 is 5.46 Å². The molecule has 0 saturated heterocycles. The molecule has 0 atom stereocenters. The van der Waals surface area contributed by atoms with Crippen molar-refractivity contribution in [3.05, 3.63) is 29.3 Å². The molecule has 3 nitrogen and oxygen atoms in total. The second-order valence-corrected chi connectivity index (χ2v) is 2.47. The lowest BCUT2D eigenvalue weighted by Gasteiger charge is -2.00. The Labute approximate surface area is 76.4 Å². The molecule has 0 saturated carbocycles. The van der Waals surface area contributed by atoms with Crippen molar-refractivity contribution < 1.29 is 10.0 Å². The Balaban J connectivity index is 3.27. The zero-order chi connectivity index (χ0) is 9.84. The van der Waals surface area contributed by atoms with Gasteiger partial charge in [0.25, 0.3) is 0 Å². The highest BCUT2D eigenvalue weighted by Crippen LogP contribution is 2.00. The van der Waals surface area contributed by atoms with Crippen molar-refractivity contribution in [2.75, 3.05) is 0 Å². The second kappa shape index (κ2) is 3.77. The zero-order valence-electron chi connectivity index (χ0n) is 6.73. The molecule has 13 heavy (non-hydrogen) atoms. The number of hydrogen-bond acceptors (Lipinski definition) is 3. The van der Waals surface area contributed by atoms with E-state index in [9.17, 15) is 0 Å². The molecule has 0 spiro atoms. The van der Waals surface area contributed by atoms with Crippen LogP contribution in [0.3, 0.4) is 0 Å². The number of rotatable bonds is 1. The van der Waals surface area contributed by atoms with Gasteiger partial charge in [-0.25, -0.2) is 0 Å². The minimum absolute atomic E-state index is 0.229. The Bertz CT molecular complexity index is 369. The summed E-state index contributed by atoms with van der Waals surface area (Å²) in [5.74, 6) is 2.32. The van der Waals surface area contributed by atoms with Crippen molar-refractivity contribution in [1.29, 1.82) is 5.26 Å². The normalized spacial score (nSPS) is 8.62. The van der Waals surface area contributed by atoms with Crippen molar-refractivity contribution in [2.24, 2.45) is 0 Å². The standard InChI is InChI=1S/C9H6BNO2/c1-2-7-3-8(6-11)5-9(4-7)10(12)13/h1,3-5,12-13H. The average Bonchev–Trinajstić information content (AvgIpc) is 2.16. The lowest BCUT2D eigenvalue weighted by molar-refractivity contribution is 0.426. The van der Waals surface area contributed by atoms with Crippen molar-refractivity contribution in [2.45, 2.75) is 0 Å². The molecule has 0 fully saturated rings. The summed E-state index contributed by atoms with van der Waals surface area (Å²) < 4.78 is 0. The summed E-state index contributed by atoms with van der Waals surface area (Å²) in [5.41, 5.74) is 1.01. The molecule has 0 radical (unpaired) electrons. The van der Waals surface area contributed by atoms with Gasteiger partial charge in [-0.1, -0.05) is 5.92 Å². The van der Waals surface area contributed by atoms with Crippen molar-refractivity contribution in [3.63, 3.8) is 0 Å². The van der Waals surface area contributed by atoms with Gasteiger partial charge < -0.3 is 10.0 Å². The van der Waals surface area contributed by atoms with Gasteiger partial charge in [0.1, 0.15) is 0 Å². The van der Waals surface area contributed by atoms with Crippen molar-refractivity contribution >= 4 is 12.6 Å². The highest BCUT2D eigenvalue weighted by Gasteiger charge is 2.12. The van der Waals surface area contributed by atoms with Crippen LogP contribution in [-0.4, -0.2) is 17.2 Å². The summed E-state index contributed by atoms with van der Waals surface area (Å²) >= 11 is 0. The maximum absolute atomic E-state index is 8.84. The van der Waals surface area contributed by atoms with E-state index in [1.54, 1.807) is 0 Å². The molecule has 0 heterocycles. The number of nitriles is 1. The van der Waals surface area contributed by atoms with Crippen LogP contribution in [0, 0.1) is 23.7 Å². The van der Waals surface area contributed by atoms with Crippen LogP contribution in [0.15, 0.2) is 18.2 Å². The summed E-state index contributed by atoms with van der Waals surface area (Å²) in [6, 6.07) is 6.22. The third kappa shape index (κ3) is 2.10. The minimum Gasteiger partial charge on any atom is -0.423 e. The van der Waals surface area contributed by atoms with Gasteiger partial charge in [-0.3, -0.25) is 0 Å². The molecule has 0 aromatic heterocycles. The van der Waals surface area contributed by atoms with Crippen LogP contribution in [-0.2, 0) is 0 Å². The molecular weight excluding hydrogens is 165 g/mol. The van der Waals surface area contributed by atoms with Crippen LogP contribution in [0.25, 0.3) is 0 Å². The molecule has 2 N–H and O–H groups in total. The lowest BCUT2D eigenvalue weighted by Crippen LogP contribution is -2.30. The first-order valence-corrected chi connectivity index (χ1v) is 3.55. The summed E-state index contributed by atoms with van der Waals surface area (Å²) in [5, 5.41) is 26.3. The first-order chi connectivity index (χ1) is 6.17. The average molecular weight is 171 g/mol. The summed E-state index contributed by atoms with van der Waals surface area (Å²) in [4.78, 5) is 0. The molecular formula is C9H6BNO2. The van der Waals surface area contributed by atoms with Gasteiger partial charge in [-0.05, 0) is 23.7 Å². The van der Waals surface area contributed by atoms with Crippen LogP contribution >= 0.6 is 0 Å². The Morgan fingerprint density at radius 2 is 1.85 bits per heavy atom. The van der Waals surface area contributed by atoms with E-state index >= 15 is 0 Å². The summed E-state index contributed by atoms with van der Waals surface area (Å²) in [6.07, 6.45) is 5.12. The maximum atomic E-state index is 8.84. The van der Waals surface area contributed by atoms with Crippen molar-refractivity contribution in [3.8, 4) is 18.4 Å². The lowest BCUT2D eigenvalue weighted by atomic mass is 9.79. The quantitative estimate of drug-likeness (QED) is 0.430. The highest BCUT2D eigenvalue weighted by molar-refractivity contribution is 6.58. The van der Waals surface area contributed by atoms with E-state index in [1.807, 2.05) is 6.07 Å². The summed E-state index contributed by atoms with van der Waals surface area (Å²) in [6.45, 7) is 0. The largest absolute Gasteiger partial charge is 0.488 e. The zero-order valence-corrected chi connectivity index (χ0v) is 6.73. The van der Waals surface area contributed by atoms with E-state index in [4.69, 9.17) is 21.7 Å². The van der Waals surface area contributed by atoms with E-state index in [2.05, 4.69) is 5.92 Å². The first kappa shape index (κ1) is 9.34. The number of benzene rings is 1. The van der Waals surface area contributed by atoms with E-state index < -0.39 is 7.12 Å². The van der Waals surface area contributed by atoms with E-state index in [0.717, 1.165) is 0 Å². The van der Waals surface area contributed by atoms with Gasteiger partial charge in [-0.2, -0.15) is 5.26 Å². The fraction of sp³-hybridized carbons (Fsp3) is 0. The van der Waals surface area contributed by atoms with Gasteiger partial charge in [0.2, 0.25) is 0 Å². The molecule has 1 rings (SSSR count). The van der Waals surface area contributed by atoms with Gasteiger partial charge in [0.05, 0.1) is 11.6 Å². The number of nitrogens with zero attached hydrogens (tertiary/aromatic N) is 1. The third-order valence-electron chi connectivity index (χ3n) is 1.55. The fourth-order valence-corrected chi connectivity index (χ4v) is 0.949. The van der Waals surface area contributed by atoms with Gasteiger partial charge in [0.15, 0.2) is 0 Å². The highest BCUT2D eigenvalue weighted by atomic mass is 16.4. The van der Waals surface area contributed by atoms with Crippen LogP contribution in [0.1, 0.15) is 11.1 Å². The van der Waals surface area contributed by atoms with E-state index in [1.165, 1.54) is 18.2 Å². The smallest absolute Gasteiger partial charge is 0.423 e. The molecule has 0 unspecified atom stereocenters. The topological polar surface area (TPSA) is 64.2 Å². The predicted octanol–water partition coefficient (Wildman–Crippen LogP) is -0.781. The molecule has 0 aliphatic heterocycles. The SMILES string of the molecule is C#Cc1cc(C#N)cc(B(O)O)c1. The van der Waals surface area contributed by atoms with Gasteiger partial charge in [-0.15, -0.1) is 6.42 Å². The van der Waals surface area contributed by atoms with Crippen LogP contribution in [0.4, 0.5) is 0 Å². The van der Waals surface area contributed by atoms with Crippen molar-refractivity contribution in [1.82, 2.24) is 0 Å². The second-order valence-electron chi connectivity index (χ2n) is 2.47. The molecule has 0 amide bonds. The molecule has 62 valence electrons. The molecule has 0 bridgehead atoms. The Morgan fingerprint density at radius 1 is 1.23 bits per heavy atom. The van der Waals surface area contributed by atoms with Gasteiger partial charge >= 0.3 is 7.12 Å². The Hall–Kier alpha value is -1.75. The maximum Gasteiger partial charge on any atom is 0.488 e. The molecule has 4 heteroatoms. The van der Waals surface area contributed by atoms with Crippen LogP contribution in [0.5, 0.6) is 0 Å². The molecule has 1 aromatic rings. The van der Waals surface area contributed by atoms with Gasteiger partial charge in [0, 0.05) is 5.56 Å². The molecule has 0 aliphatic rings. The monoisotopic (exact) mass is 171 g/mol. The molecule has 1 aromatic carbocycles. The summed E-state index contributed by atoms with van der Waals surface area (Å²) in [7, 11) is -1.60. The third-order valence-corrected chi connectivity index (χ3v) is 1.55. The number of hydrogen-bond donors (Lipinski definition) is 2. The fourth-order valence-electron chi connectivity index (χ4n) is 0.949. The van der Waals surface area contributed by atoms with E-state index in [0.29, 0.717) is 11.1 Å². The van der Waals surface area contributed by atoms with Crippen LogP contribution in [0.2, 0.25) is 0 Å². The Kier molecular flexibility index (Phi) is 2.71. The first-order valence-electron chi connectivity index (χ1n) is 3.55. The predicted molar refractivity (Wildman–Crippen MR) is 48.9 cm³/mol.